The van der Waals surface area contributed by atoms with Crippen molar-refractivity contribution in [1.82, 2.24) is 5.01 Å². The van der Waals surface area contributed by atoms with E-state index in [0.717, 1.165) is 11.8 Å². The number of rotatable bonds is 7. The molecule has 1 heterocycles. The van der Waals surface area contributed by atoms with Crippen LogP contribution in [0.4, 0.5) is 19.3 Å². The Morgan fingerprint density at radius 3 is 2.59 bits per heavy atom. The normalized spacial score (nSPS) is 14.0. The highest BCUT2D eigenvalue weighted by Crippen LogP contribution is 2.31. The van der Waals surface area contributed by atoms with E-state index in [1.165, 1.54) is 36.4 Å². The maximum absolute atomic E-state index is 12.5. The monoisotopic (exact) mass is 423 g/mol. The molecule has 0 unspecified atom stereocenters. The molecule has 0 fully saturated rings. The molecule has 152 valence electrons. The number of amides is 1. The van der Waals surface area contributed by atoms with E-state index in [1.54, 1.807) is 18.2 Å². The number of hydrazone groups is 1. The van der Waals surface area contributed by atoms with Crippen molar-refractivity contribution in [3.63, 3.8) is 0 Å². The number of hydrogen-bond donors (Lipinski definition) is 0. The van der Waals surface area contributed by atoms with E-state index >= 15 is 0 Å². The van der Waals surface area contributed by atoms with Crippen LogP contribution >= 0.6 is 11.8 Å². The number of methoxy groups -OCH3 is 1. The molecule has 0 bridgehead atoms. The Labute approximate surface area is 168 Å². The summed E-state index contributed by atoms with van der Waals surface area (Å²) in [6.07, 6.45) is 0. The van der Waals surface area contributed by atoms with Gasteiger partial charge >= 0.3 is 11.9 Å². The third-order valence-corrected chi connectivity index (χ3v) is 4.85. The maximum atomic E-state index is 12.5. The first-order valence-electron chi connectivity index (χ1n) is 8.25. The average Bonchev–Trinajstić information content (AvgIpc) is 2.70. The third kappa shape index (κ3) is 4.99. The van der Waals surface area contributed by atoms with Crippen molar-refractivity contribution in [2.75, 3.05) is 12.9 Å². The van der Waals surface area contributed by atoms with Crippen molar-refractivity contribution >= 4 is 28.4 Å². The molecule has 1 aliphatic rings. The van der Waals surface area contributed by atoms with Gasteiger partial charge in [-0.3, -0.25) is 14.9 Å². The van der Waals surface area contributed by atoms with Crippen LogP contribution in [-0.2, 0) is 6.54 Å². The van der Waals surface area contributed by atoms with Gasteiger partial charge in [0.05, 0.1) is 24.3 Å². The molecule has 0 N–H and O–H groups in total. The number of nitrogens with zero attached hydrogens (tertiary/aromatic N) is 3. The summed E-state index contributed by atoms with van der Waals surface area (Å²) in [6, 6.07) is 10.2. The van der Waals surface area contributed by atoms with Gasteiger partial charge in [0.25, 0.3) is 5.69 Å². The number of non-ortho nitro benzene ring substituents is 1. The van der Waals surface area contributed by atoms with Crippen molar-refractivity contribution in [3.8, 4) is 11.5 Å². The molecular formula is C18H15F2N3O5S. The van der Waals surface area contributed by atoms with Gasteiger partial charge in [0, 0.05) is 23.4 Å². The zero-order chi connectivity index (χ0) is 21.0. The van der Waals surface area contributed by atoms with E-state index in [4.69, 9.17) is 4.74 Å². The van der Waals surface area contributed by atoms with Gasteiger partial charge in [0.1, 0.15) is 0 Å². The Morgan fingerprint density at radius 2 is 1.97 bits per heavy atom. The van der Waals surface area contributed by atoms with E-state index in [0.29, 0.717) is 22.6 Å². The van der Waals surface area contributed by atoms with Crippen LogP contribution in [0.25, 0.3) is 0 Å². The number of halogens is 2. The first-order chi connectivity index (χ1) is 13.9. The van der Waals surface area contributed by atoms with Crippen molar-refractivity contribution < 1.29 is 28.0 Å². The summed E-state index contributed by atoms with van der Waals surface area (Å²) in [7, 11) is 1.33. The van der Waals surface area contributed by atoms with E-state index in [-0.39, 0.29) is 29.0 Å². The van der Waals surface area contributed by atoms with E-state index in [1.807, 2.05) is 0 Å². The van der Waals surface area contributed by atoms with Crippen molar-refractivity contribution in [2.24, 2.45) is 5.10 Å². The largest absolute Gasteiger partial charge is 0.493 e. The molecule has 0 aliphatic carbocycles. The second-order valence-corrected chi connectivity index (χ2v) is 6.75. The molecule has 1 aliphatic heterocycles. The van der Waals surface area contributed by atoms with Crippen LogP contribution in [0.3, 0.4) is 0 Å². The predicted molar refractivity (Wildman–Crippen MR) is 103 cm³/mol. The quantitative estimate of drug-likeness (QED) is 0.487. The lowest BCUT2D eigenvalue weighted by atomic mass is 10.1. The SMILES string of the molecule is COc1cc(C2=NN(Cc3ccc([N+](=O)[O-])cc3)C(=O)SC2)ccc1OC(F)F. The third-order valence-electron chi connectivity index (χ3n) is 3.98. The lowest BCUT2D eigenvalue weighted by Crippen LogP contribution is -2.29. The van der Waals surface area contributed by atoms with Gasteiger partial charge in [-0.05, 0) is 23.8 Å². The van der Waals surface area contributed by atoms with Gasteiger partial charge in [-0.15, -0.1) is 0 Å². The van der Waals surface area contributed by atoms with Crippen LogP contribution in [0.1, 0.15) is 11.1 Å². The molecule has 2 aromatic carbocycles. The number of thioether (sulfide) groups is 1. The molecule has 0 saturated carbocycles. The number of carbonyl (C=O) groups excluding carboxylic acids is 1. The molecule has 3 rings (SSSR count). The summed E-state index contributed by atoms with van der Waals surface area (Å²) in [6.45, 7) is -2.84. The van der Waals surface area contributed by atoms with Crippen LogP contribution in [0.2, 0.25) is 0 Å². The van der Waals surface area contributed by atoms with E-state index in [2.05, 4.69) is 9.84 Å². The van der Waals surface area contributed by atoms with Crippen LogP contribution in [0.5, 0.6) is 11.5 Å². The topological polar surface area (TPSA) is 94.3 Å². The van der Waals surface area contributed by atoms with Crippen LogP contribution in [0, 0.1) is 10.1 Å². The first-order valence-corrected chi connectivity index (χ1v) is 9.24. The fourth-order valence-corrected chi connectivity index (χ4v) is 3.34. The lowest BCUT2D eigenvalue weighted by molar-refractivity contribution is -0.384. The van der Waals surface area contributed by atoms with Gasteiger partial charge in [0.2, 0.25) is 0 Å². The molecule has 1 amide bonds. The summed E-state index contributed by atoms with van der Waals surface area (Å²) < 4.78 is 34.5. The Bertz CT molecular complexity index is 953. The second kappa shape index (κ2) is 8.86. The minimum atomic E-state index is -2.98. The number of hydrogen-bond acceptors (Lipinski definition) is 7. The lowest BCUT2D eigenvalue weighted by Gasteiger charge is -2.23. The van der Waals surface area contributed by atoms with Crippen LogP contribution < -0.4 is 9.47 Å². The number of nitro groups is 1. The molecule has 0 spiro atoms. The summed E-state index contributed by atoms with van der Waals surface area (Å²) in [5.74, 6) is 0.316. The minimum absolute atomic E-state index is 0.0458. The Kier molecular flexibility index (Phi) is 6.27. The highest BCUT2D eigenvalue weighted by atomic mass is 32.2. The Morgan fingerprint density at radius 1 is 1.24 bits per heavy atom. The number of benzene rings is 2. The number of nitro benzene ring substituents is 1. The minimum Gasteiger partial charge on any atom is -0.493 e. The highest BCUT2D eigenvalue weighted by molar-refractivity contribution is 8.14. The number of alkyl halides is 2. The van der Waals surface area contributed by atoms with Crippen molar-refractivity contribution in [2.45, 2.75) is 13.2 Å². The molecule has 0 radical (unpaired) electrons. The Hall–Kier alpha value is -3.21. The number of carbonyl (C=O) groups is 1. The van der Waals surface area contributed by atoms with Crippen LogP contribution in [-0.4, -0.2) is 40.4 Å². The standard InChI is InChI=1S/C18H15F2N3O5S/c1-27-16-8-12(4-7-15(16)28-17(19)20)14-10-29-18(24)22(21-14)9-11-2-5-13(6-3-11)23(25)26/h2-8,17H,9-10H2,1H3. The smallest absolute Gasteiger partial charge is 0.387 e. The van der Waals surface area contributed by atoms with Gasteiger partial charge in [-0.1, -0.05) is 23.9 Å². The fraction of sp³-hybridized carbons (Fsp3) is 0.222. The zero-order valence-corrected chi connectivity index (χ0v) is 15.9. The van der Waals surface area contributed by atoms with Gasteiger partial charge < -0.3 is 9.47 Å². The molecule has 11 heteroatoms. The predicted octanol–water partition coefficient (Wildman–Crippen LogP) is 4.28. The summed E-state index contributed by atoms with van der Waals surface area (Å²) in [4.78, 5) is 22.4. The molecule has 8 nitrogen and oxygen atoms in total. The molecule has 0 saturated heterocycles. The average molecular weight is 423 g/mol. The van der Waals surface area contributed by atoms with E-state index < -0.39 is 11.5 Å². The molecule has 2 aromatic rings. The van der Waals surface area contributed by atoms with Gasteiger partial charge in [0.15, 0.2) is 11.5 Å². The van der Waals surface area contributed by atoms with Crippen molar-refractivity contribution in [3.05, 3.63) is 63.7 Å². The van der Waals surface area contributed by atoms with Crippen molar-refractivity contribution in [1.29, 1.82) is 0 Å². The number of ether oxygens (including phenoxy) is 2. The Balaban J connectivity index is 1.82. The first kappa shape index (κ1) is 20.5. The van der Waals surface area contributed by atoms with Crippen LogP contribution in [0.15, 0.2) is 47.6 Å². The van der Waals surface area contributed by atoms with Gasteiger partial charge in [-0.25, -0.2) is 5.01 Å². The fourth-order valence-electron chi connectivity index (χ4n) is 2.60. The molecule has 0 atom stereocenters. The molecule has 0 aromatic heterocycles. The molecular weight excluding hydrogens is 408 g/mol. The van der Waals surface area contributed by atoms with Gasteiger partial charge in [-0.2, -0.15) is 13.9 Å². The van der Waals surface area contributed by atoms with E-state index in [9.17, 15) is 23.7 Å². The summed E-state index contributed by atoms with van der Waals surface area (Å²) in [5.41, 5.74) is 1.78. The highest BCUT2D eigenvalue weighted by Gasteiger charge is 2.23. The maximum Gasteiger partial charge on any atom is 0.387 e. The summed E-state index contributed by atoms with van der Waals surface area (Å²) >= 11 is 1.04. The second-order valence-electron chi connectivity index (χ2n) is 5.83. The molecule has 29 heavy (non-hydrogen) atoms. The summed E-state index contributed by atoms with van der Waals surface area (Å²) in [5, 5.41) is 16.1. The zero-order valence-electron chi connectivity index (χ0n) is 15.1.